The summed E-state index contributed by atoms with van der Waals surface area (Å²) in [7, 11) is 0. The van der Waals surface area contributed by atoms with Gasteiger partial charge in [-0.05, 0) is 25.2 Å². The fourth-order valence-corrected chi connectivity index (χ4v) is 2.58. The number of hydrogen-bond acceptors (Lipinski definition) is 3. The summed E-state index contributed by atoms with van der Waals surface area (Å²) >= 11 is 0. The van der Waals surface area contributed by atoms with Crippen LogP contribution in [0.4, 0.5) is 0 Å². The zero-order chi connectivity index (χ0) is 13.1. The summed E-state index contributed by atoms with van der Waals surface area (Å²) in [6, 6.07) is 0. The Labute approximate surface area is 98.3 Å². The predicted molar refractivity (Wildman–Crippen MR) is 56.5 cm³/mol. The molecule has 0 aromatic heterocycles. The van der Waals surface area contributed by atoms with Crippen LogP contribution in [0.2, 0.25) is 0 Å². The van der Waals surface area contributed by atoms with E-state index in [0.717, 1.165) is 12.8 Å². The topological polar surface area (TPSA) is 112 Å². The summed E-state index contributed by atoms with van der Waals surface area (Å²) in [6.45, 7) is 0. The number of carbonyl (C=O) groups is 3. The summed E-state index contributed by atoms with van der Waals surface area (Å²) in [5.74, 6) is -4.47. The molecule has 0 atom stereocenters. The van der Waals surface area contributed by atoms with Crippen LogP contribution in [0.5, 0.6) is 0 Å². The number of carboxylic acid groups (broad SMARTS) is 3. The number of rotatable bonds is 6. The molecular formula is C11H16O6. The predicted octanol–water partition coefficient (Wildman–Crippen LogP) is 1.20. The van der Waals surface area contributed by atoms with Gasteiger partial charge in [0.2, 0.25) is 0 Å². The van der Waals surface area contributed by atoms with E-state index in [9.17, 15) is 24.6 Å². The maximum atomic E-state index is 11.3. The van der Waals surface area contributed by atoms with Crippen LogP contribution in [-0.4, -0.2) is 33.2 Å². The largest absolute Gasteiger partial charge is 0.481 e. The third kappa shape index (κ3) is 2.57. The molecule has 0 spiro atoms. The highest BCUT2D eigenvalue weighted by molar-refractivity contribution is 5.99. The molecule has 1 aliphatic rings. The molecule has 0 saturated heterocycles. The van der Waals surface area contributed by atoms with Crippen molar-refractivity contribution in [1.82, 2.24) is 0 Å². The summed E-state index contributed by atoms with van der Waals surface area (Å²) in [4.78, 5) is 33.1. The molecule has 3 N–H and O–H groups in total. The molecule has 1 rings (SSSR count). The van der Waals surface area contributed by atoms with E-state index in [1.807, 2.05) is 0 Å². The van der Waals surface area contributed by atoms with E-state index in [1.165, 1.54) is 0 Å². The van der Waals surface area contributed by atoms with Crippen molar-refractivity contribution in [2.45, 2.75) is 38.5 Å². The van der Waals surface area contributed by atoms with Gasteiger partial charge in [0.15, 0.2) is 5.41 Å². The number of aliphatic carboxylic acids is 3. The Balaban J connectivity index is 2.98. The van der Waals surface area contributed by atoms with Crippen LogP contribution in [0.1, 0.15) is 38.5 Å². The van der Waals surface area contributed by atoms with Crippen LogP contribution in [-0.2, 0) is 14.4 Å². The van der Waals surface area contributed by atoms with E-state index in [2.05, 4.69) is 0 Å². The van der Waals surface area contributed by atoms with Gasteiger partial charge in [-0.3, -0.25) is 14.4 Å². The van der Waals surface area contributed by atoms with E-state index in [-0.39, 0.29) is 6.42 Å². The molecule has 1 fully saturated rings. The second kappa shape index (κ2) is 5.16. The smallest absolute Gasteiger partial charge is 0.321 e. The molecule has 0 aliphatic heterocycles. The van der Waals surface area contributed by atoms with Crippen molar-refractivity contribution in [1.29, 1.82) is 0 Å². The summed E-state index contributed by atoms with van der Waals surface area (Å²) in [5.41, 5.74) is -1.94. The minimum atomic E-state index is -1.94. The van der Waals surface area contributed by atoms with Gasteiger partial charge in [-0.15, -0.1) is 0 Å². The molecule has 0 heterocycles. The lowest BCUT2D eigenvalue weighted by atomic mass is 9.71. The highest BCUT2D eigenvalue weighted by Crippen LogP contribution is 2.43. The SMILES string of the molecule is O=C(O)CCC(C(=O)O)(C(=O)O)C1CCCC1. The highest BCUT2D eigenvalue weighted by atomic mass is 16.4. The van der Waals surface area contributed by atoms with Crippen molar-refractivity contribution in [2.75, 3.05) is 0 Å². The zero-order valence-electron chi connectivity index (χ0n) is 9.39. The van der Waals surface area contributed by atoms with E-state index in [0.29, 0.717) is 12.8 Å². The van der Waals surface area contributed by atoms with Gasteiger partial charge in [-0.25, -0.2) is 0 Å². The molecule has 0 amide bonds. The van der Waals surface area contributed by atoms with Crippen molar-refractivity contribution in [3.05, 3.63) is 0 Å². The summed E-state index contributed by atoms with van der Waals surface area (Å²) in [5, 5.41) is 27.0. The molecule has 96 valence electrons. The monoisotopic (exact) mass is 244 g/mol. The van der Waals surface area contributed by atoms with Crippen LogP contribution >= 0.6 is 0 Å². The molecule has 0 unspecified atom stereocenters. The molecule has 0 aromatic carbocycles. The Bertz CT molecular complexity index is 315. The second-order valence-corrected chi connectivity index (χ2v) is 4.46. The fraction of sp³-hybridized carbons (Fsp3) is 0.727. The summed E-state index contributed by atoms with van der Waals surface area (Å²) in [6.07, 6.45) is 1.91. The minimum Gasteiger partial charge on any atom is -0.481 e. The van der Waals surface area contributed by atoms with Gasteiger partial charge in [0.05, 0.1) is 0 Å². The Kier molecular flexibility index (Phi) is 4.09. The van der Waals surface area contributed by atoms with Gasteiger partial charge in [-0.1, -0.05) is 12.8 Å². The van der Waals surface area contributed by atoms with Crippen LogP contribution in [0, 0.1) is 11.3 Å². The molecule has 1 aliphatic carbocycles. The van der Waals surface area contributed by atoms with Crippen molar-refractivity contribution in [3.8, 4) is 0 Å². The van der Waals surface area contributed by atoms with Crippen molar-refractivity contribution >= 4 is 17.9 Å². The van der Waals surface area contributed by atoms with E-state index in [1.54, 1.807) is 0 Å². The maximum absolute atomic E-state index is 11.3. The third-order valence-electron chi connectivity index (χ3n) is 3.55. The van der Waals surface area contributed by atoms with Crippen molar-refractivity contribution in [2.24, 2.45) is 11.3 Å². The molecule has 17 heavy (non-hydrogen) atoms. The number of hydrogen-bond donors (Lipinski definition) is 3. The highest BCUT2D eigenvalue weighted by Gasteiger charge is 2.53. The lowest BCUT2D eigenvalue weighted by Crippen LogP contribution is -2.45. The van der Waals surface area contributed by atoms with Gasteiger partial charge < -0.3 is 15.3 Å². The van der Waals surface area contributed by atoms with Crippen molar-refractivity contribution in [3.63, 3.8) is 0 Å². The van der Waals surface area contributed by atoms with Crippen LogP contribution < -0.4 is 0 Å². The molecule has 0 aromatic rings. The minimum absolute atomic E-state index is 0.350. The molecule has 1 saturated carbocycles. The van der Waals surface area contributed by atoms with Gasteiger partial charge >= 0.3 is 17.9 Å². The molecule has 0 bridgehead atoms. The Morgan fingerprint density at radius 1 is 1.00 bits per heavy atom. The first-order chi connectivity index (χ1) is 7.91. The molecular weight excluding hydrogens is 228 g/mol. The summed E-state index contributed by atoms with van der Waals surface area (Å²) < 4.78 is 0. The Hall–Kier alpha value is -1.59. The quantitative estimate of drug-likeness (QED) is 0.605. The second-order valence-electron chi connectivity index (χ2n) is 4.46. The molecule has 6 nitrogen and oxygen atoms in total. The van der Waals surface area contributed by atoms with Gasteiger partial charge in [0.1, 0.15) is 0 Å². The standard InChI is InChI=1S/C11H16O6/c12-8(13)5-6-11(9(14)15,10(16)17)7-3-1-2-4-7/h7H,1-6H2,(H,12,13)(H,14,15)(H,16,17). The van der Waals surface area contributed by atoms with E-state index < -0.39 is 35.7 Å². The third-order valence-corrected chi connectivity index (χ3v) is 3.55. The van der Waals surface area contributed by atoms with Gasteiger partial charge in [-0.2, -0.15) is 0 Å². The first-order valence-electron chi connectivity index (χ1n) is 5.60. The van der Waals surface area contributed by atoms with E-state index in [4.69, 9.17) is 5.11 Å². The zero-order valence-corrected chi connectivity index (χ0v) is 9.39. The Morgan fingerprint density at radius 3 is 1.82 bits per heavy atom. The maximum Gasteiger partial charge on any atom is 0.321 e. The lowest BCUT2D eigenvalue weighted by Gasteiger charge is -2.30. The number of carboxylic acids is 3. The average molecular weight is 244 g/mol. The van der Waals surface area contributed by atoms with Crippen LogP contribution in [0.3, 0.4) is 0 Å². The molecule has 6 heteroatoms. The average Bonchev–Trinajstić information content (AvgIpc) is 2.70. The Morgan fingerprint density at radius 2 is 1.47 bits per heavy atom. The normalized spacial score (nSPS) is 16.9. The van der Waals surface area contributed by atoms with Gasteiger partial charge in [0, 0.05) is 6.42 Å². The van der Waals surface area contributed by atoms with Gasteiger partial charge in [0.25, 0.3) is 0 Å². The van der Waals surface area contributed by atoms with E-state index >= 15 is 0 Å². The van der Waals surface area contributed by atoms with Crippen molar-refractivity contribution < 1.29 is 29.7 Å². The fourth-order valence-electron chi connectivity index (χ4n) is 2.58. The van der Waals surface area contributed by atoms with Crippen LogP contribution in [0.15, 0.2) is 0 Å². The first-order valence-corrected chi connectivity index (χ1v) is 5.60. The first kappa shape index (κ1) is 13.5. The molecule has 0 radical (unpaired) electrons. The lowest BCUT2D eigenvalue weighted by molar-refractivity contribution is -0.170. The van der Waals surface area contributed by atoms with Crippen LogP contribution in [0.25, 0.3) is 0 Å².